The summed E-state index contributed by atoms with van der Waals surface area (Å²) in [7, 11) is 0. The molecule has 0 amide bonds. The molecule has 1 aliphatic carbocycles. The fourth-order valence-electron chi connectivity index (χ4n) is 2.82. The van der Waals surface area contributed by atoms with E-state index in [0.717, 1.165) is 38.3 Å². The van der Waals surface area contributed by atoms with Crippen LogP contribution in [-0.4, -0.2) is 44.2 Å². The maximum atomic E-state index is 6.14. The first kappa shape index (κ1) is 12.0. The topological polar surface area (TPSA) is 72.9 Å². The minimum absolute atomic E-state index is 0.366. The Balaban J connectivity index is 1.63. The Hall–Kier alpha value is -1.01. The van der Waals surface area contributed by atoms with Crippen molar-refractivity contribution in [3.63, 3.8) is 0 Å². The van der Waals surface area contributed by atoms with Crippen molar-refractivity contribution in [1.29, 1.82) is 0 Å². The first-order chi connectivity index (χ1) is 8.78. The van der Waals surface area contributed by atoms with Crippen molar-refractivity contribution >= 4 is 0 Å². The van der Waals surface area contributed by atoms with E-state index in [0.29, 0.717) is 18.0 Å². The van der Waals surface area contributed by atoms with Crippen LogP contribution < -0.4 is 5.73 Å². The summed E-state index contributed by atoms with van der Waals surface area (Å²) in [6.07, 6.45) is 4.69. The SMILES string of the molecule is CCC1CN(Cc2nnnn2C2CC2)CCC1N. The highest BCUT2D eigenvalue weighted by Crippen LogP contribution is 2.34. The van der Waals surface area contributed by atoms with E-state index in [-0.39, 0.29) is 0 Å². The molecule has 2 N–H and O–H groups in total. The van der Waals surface area contributed by atoms with E-state index >= 15 is 0 Å². The Morgan fingerprint density at radius 1 is 1.33 bits per heavy atom. The molecule has 0 spiro atoms. The Morgan fingerprint density at radius 3 is 2.89 bits per heavy atom. The van der Waals surface area contributed by atoms with Crippen LogP contribution in [0.15, 0.2) is 0 Å². The molecule has 0 aromatic carbocycles. The number of tetrazole rings is 1. The van der Waals surface area contributed by atoms with Gasteiger partial charge in [-0.1, -0.05) is 13.3 Å². The van der Waals surface area contributed by atoms with E-state index in [1.807, 2.05) is 4.68 Å². The van der Waals surface area contributed by atoms with Gasteiger partial charge in [-0.2, -0.15) is 0 Å². The van der Waals surface area contributed by atoms with Crippen LogP contribution in [0.5, 0.6) is 0 Å². The van der Waals surface area contributed by atoms with E-state index in [1.54, 1.807) is 0 Å². The molecule has 100 valence electrons. The third kappa shape index (κ3) is 2.40. The van der Waals surface area contributed by atoms with Gasteiger partial charge in [0, 0.05) is 19.1 Å². The van der Waals surface area contributed by atoms with Crippen LogP contribution in [0, 0.1) is 5.92 Å². The Morgan fingerprint density at radius 2 is 2.17 bits per heavy atom. The molecule has 6 nitrogen and oxygen atoms in total. The lowest BCUT2D eigenvalue weighted by molar-refractivity contribution is 0.140. The normalized spacial score (nSPS) is 29.7. The van der Waals surface area contributed by atoms with Crippen LogP contribution in [0.3, 0.4) is 0 Å². The van der Waals surface area contributed by atoms with Gasteiger partial charge in [-0.15, -0.1) is 5.10 Å². The van der Waals surface area contributed by atoms with Crippen LogP contribution in [0.2, 0.25) is 0 Å². The van der Waals surface area contributed by atoms with Crippen LogP contribution in [0.1, 0.15) is 44.5 Å². The molecular weight excluding hydrogens is 228 g/mol. The zero-order valence-corrected chi connectivity index (χ0v) is 11.0. The lowest BCUT2D eigenvalue weighted by Gasteiger charge is -2.36. The van der Waals surface area contributed by atoms with Gasteiger partial charge in [0.1, 0.15) is 0 Å². The molecule has 1 aliphatic heterocycles. The fraction of sp³-hybridized carbons (Fsp3) is 0.917. The number of nitrogens with zero attached hydrogens (tertiary/aromatic N) is 5. The maximum absolute atomic E-state index is 6.14. The second-order valence-corrected chi connectivity index (χ2v) is 5.63. The number of likely N-dealkylation sites (tertiary alicyclic amines) is 1. The molecule has 2 unspecified atom stereocenters. The smallest absolute Gasteiger partial charge is 0.165 e. The first-order valence-corrected chi connectivity index (χ1v) is 7.02. The molecule has 2 aliphatic rings. The molecule has 1 saturated carbocycles. The zero-order valence-electron chi connectivity index (χ0n) is 11.0. The third-order valence-corrected chi connectivity index (χ3v) is 4.22. The van der Waals surface area contributed by atoms with Crippen molar-refractivity contribution < 1.29 is 0 Å². The fourth-order valence-corrected chi connectivity index (χ4v) is 2.82. The lowest BCUT2D eigenvalue weighted by Crippen LogP contribution is -2.46. The minimum atomic E-state index is 0.366. The largest absolute Gasteiger partial charge is 0.327 e. The van der Waals surface area contributed by atoms with Gasteiger partial charge in [0.25, 0.3) is 0 Å². The minimum Gasteiger partial charge on any atom is -0.327 e. The quantitative estimate of drug-likeness (QED) is 0.845. The second-order valence-electron chi connectivity index (χ2n) is 5.63. The predicted octanol–water partition coefficient (Wildman–Crippen LogP) is 0.567. The number of nitrogens with two attached hydrogens (primary N) is 1. The van der Waals surface area contributed by atoms with Gasteiger partial charge in [0.2, 0.25) is 0 Å². The van der Waals surface area contributed by atoms with Crippen LogP contribution >= 0.6 is 0 Å². The average molecular weight is 250 g/mol. The number of piperidine rings is 1. The van der Waals surface area contributed by atoms with Crippen molar-refractivity contribution in [1.82, 2.24) is 25.1 Å². The van der Waals surface area contributed by atoms with Crippen molar-refractivity contribution in [2.24, 2.45) is 11.7 Å². The average Bonchev–Trinajstić information content (AvgIpc) is 3.12. The molecule has 1 saturated heterocycles. The zero-order chi connectivity index (χ0) is 12.5. The van der Waals surface area contributed by atoms with E-state index in [2.05, 4.69) is 27.3 Å². The third-order valence-electron chi connectivity index (χ3n) is 4.22. The second kappa shape index (κ2) is 4.93. The van der Waals surface area contributed by atoms with Gasteiger partial charge >= 0.3 is 0 Å². The summed E-state index contributed by atoms with van der Waals surface area (Å²) < 4.78 is 2.01. The van der Waals surface area contributed by atoms with E-state index in [4.69, 9.17) is 5.73 Å². The van der Waals surface area contributed by atoms with Crippen molar-refractivity contribution in [2.45, 2.75) is 51.2 Å². The Bertz CT molecular complexity index is 399. The highest BCUT2D eigenvalue weighted by Gasteiger charge is 2.30. The molecule has 2 atom stereocenters. The van der Waals surface area contributed by atoms with Crippen molar-refractivity contribution in [3.05, 3.63) is 5.82 Å². The Labute approximate surface area is 108 Å². The molecule has 6 heteroatoms. The highest BCUT2D eigenvalue weighted by molar-refractivity contribution is 4.92. The van der Waals surface area contributed by atoms with E-state index in [9.17, 15) is 0 Å². The molecule has 2 fully saturated rings. The molecule has 0 radical (unpaired) electrons. The van der Waals surface area contributed by atoms with Crippen LogP contribution in [0.4, 0.5) is 0 Å². The predicted molar refractivity (Wildman–Crippen MR) is 67.7 cm³/mol. The molecule has 1 aromatic rings. The Kier molecular flexibility index (Phi) is 3.30. The first-order valence-electron chi connectivity index (χ1n) is 7.02. The van der Waals surface area contributed by atoms with Crippen molar-refractivity contribution in [2.75, 3.05) is 13.1 Å². The van der Waals surface area contributed by atoms with Gasteiger partial charge in [0.05, 0.1) is 12.6 Å². The summed E-state index contributed by atoms with van der Waals surface area (Å²) in [6, 6.07) is 0.926. The van der Waals surface area contributed by atoms with Gasteiger partial charge < -0.3 is 5.73 Å². The van der Waals surface area contributed by atoms with Crippen LogP contribution in [0.25, 0.3) is 0 Å². The van der Waals surface area contributed by atoms with Crippen molar-refractivity contribution in [3.8, 4) is 0 Å². The molecule has 0 bridgehead atoms. The molecular formula is C12H22N6. The van der Waals surface area contributed by atoms with Gasteiger partial charge in [0.15, 0.2) is 5.82 Å². The molecule has 1 aromatic heterocycles. The van der Waals surface area contributed by atoms with Gasteiger partial charge in [-0.25, -0.2) is 4.68 Å². The standard InChI is InChI=1S/C12H22N6/c1-2-9-7-17(6-5-11(9)13)8-12-14-15-16-18(12)10-3-4-10/h9-11H,2-8,13H2,1H3. The highest BCUT2D eigenvalue weighted by atomic mass is 15.6. The number of hydrogen-bond donors (Lipinski definition) is 1. The summed E-state index contributed by atoms with van der Waals surface area (Å²) in [5, 5.41) is 12.1. The summed E-state index contributed by atoms with van der Waals surface area (Å²) in [5.74, 6) is 1.63. The van der Waals surface area contributed by atoms with Gasteiger partial charge in [-0.05, 0) is 35.6 Å². The van der Waals surface area contributed by atoms with E-state index < -0.39 is 0 Å². The number of hydrogen-bond acceptors (Lipinski definition) is 5. The lowest BCUT2D eigenvalue weighted by atomic mass is 9.91. The monoisotopic (exact) mass is 250 g/mol. The maximum Gasteiger partial charge on any atom is 0.165 e. The van der Waals surface area contributed by atoms with Gasteiger partial charge in [-0.3, -0.25) is 4.90 Å². The molecule has 3 rings (SSSR count). The summed E-state index contributed by atoms with van der Waals surface area (Å²) in [4.78, 5) is 2.45. The summed E-state index contributed by atoms with van der Waals surface area (Å²) in [6.45, 7) is 5.24. The molecule has 18 heavy (non-hydrogen) atoms. The number of aromatic nitrogens is 4. The number of rotatable bonds is 4. The molecule has 2 heterocycles. The summed E-state index contributed by atoms with van der Waals surface area (Å²) >= 11 is 0. The van der Waals surface area contributed by atoms with E-state index in [1.165, 1.54) is 12.8 Å². The summed E-state index contributed by atoms with van der Waals surface area (Å²) in [5.41, 5.74) is 6.14. The van der Waals surface area contributed by atoms with Crippen LogP contribution in [-0.2, 0) is 6.54 Å².